The van der Waals surface area contributed by atoms with E-state index in [4.69, 9.17) is 4.74 Å². The van der Waals surface area contributed by atoms with Crippen LogP contribution in [0.15, 0.2) is 18.2 Å². The van der Waals surface area contributed by atoms with Crippen LogP contribution in [0.5, 0.6) is 5.75 Å². The Kier molecular flexibility index (Phi) is 4.27. The van der Waals surface area contributed by atoms with E-state index in [-0.39, 0.29) is 5.92 Å². The Morgan fingerprint density at radius 2 is 2.12 bits per heavy atom. The molecule has 0 radical (unpaired) electrons. The summed E-state index contributed by atoms with van der Waals surface area (Å²) >= 11 is 0. The average Bonchev–Trinajstić information content (AvgIpc) is 2.27. The topological polar surface area (TPSA) is 26.3 Å². The fourth-order valence-electron chi connectivity index (χ4n) is 1.76. The van der Waals surface area contributed by atoms with E-state index < -0.39 is 5.67 Å². The maximum Gasteiger partial charge on any atom is 0.130 e. The molecule has 0 aliphatic carbocycles. The van der Waals surface area contributed by atoms with Crippen molar-refractivity contribution in [1.29, 1.82) is 0 Å². The van der Waals surface area contributed by atoms with Crippen molar-refractivity contribution < 1.29 is 13.9 Å². The normalized spacial score (nSPS) is 13.2. The number of rotatable bonds is 5. The molecule has 0 amide bonds. The first-order valence-corrected chi connectivity index (χ1v) is 5.71. The Morgan fingerprint density at radius 3 is 2.59 bits per heavy atom. The minimum atomic E-state index is -1.39. The van der Waals surface area contributed by atoms with Gasteiger partial charge in [-0.15, -0.1) is 0 Å². The van der Waals surface area contributed by atoms with E-state index >= 15 is 0 Å². The van der Waals surface area contributed by atoms with Gasteiger partial charge in [-0.25, -0.2) is 4.39 Å². The van der Waals surface area contributed by atoms with Crippen LogP contribution in [-0.2, 0) is 10.5 Å². The van der Waals surface area contributed by atoms with Crippen LogP contribution >= 0.6 is 0 Å². The van der Waals surface area contributed by atoms with Gasteiger partial charge in [-0.2, -0.15) is 0 Å². The first-order valence-electron chi connectivity index (χ1n) is 5.71. The van der Waals surface area contributed by atoms with Crippen LogP contribution in [0.4, 0.5) is 4.39 Å². The summed E-state index contributed by atoms with van der Waals surface area (Å²) in [5.74, 6) is 0.733. The zero-order chi connectivity index (χ0) is 13.1. The largest absolute Gasteiger partial charge is 0.496 e. The number of aldehydes is 1. The van der Waals surface area contributed by atoms with E-state index in [0.717, 1.165) is 11.8 Å². The number of methoxy groups -OCH3 is 1. The highest BCUT2D eigenvalue weighted by Gasteiger charge is 2.21. The van der Waals surface area contributed by atoms with Crippen molar-refractivity contribution in [2.24, 2.45) is 0 Å². The van der Waals surface area contributed by atoms with E-state index in [2.05, 4.69) is 0 Å². The zero-order valence-electron chi connectivity index (χ0n) is 10.8. The summed E-state index contributed by atoms with van der Waals surface area (Å²) in [6.07, 6.45) is 1.28. The summed E-state index contributed by atoms with van der Waals surface area (Å²) in [7, 11) is 1.58. The minimum absolute atomic E-state index is 0.0322. The third-order valence-corrected chi connectivity index (χ3v) is 2.90. The predicted octanol–water partition coefficient (Wildman–Crippen LogP) is 3.59. The second kappa shape index (κ2) is 5.30. The molecule has 94 valence electrons. The molecule has 0 aliphatic rings. The lowest BCUT2D eigenvalue weighted by molar-refractivity contribution is -0.108. The number of ether oxygens (including phenoxy) is 1. The average molecular weight is 238 g/mol. The molecule has 0 spiro atoms. The highest BCUT2D eigenvalue weighted by atomic mass is 19.1. The third-order valence-electron chi connectivity index (χ3n) is 2.90. The number of halogens is 1. The molecule has 1 aromatic carbocycles. The van der Waals surface area contributed by atoms with E-state index in [1.165, 1.54) is 13.8 Å². The van der Waals surface area contributed by atoms with Crippen LogP contribution in [0.1, 0.15) is 44.2 Å². The lowest BCUT2D eigenvalue weighted by atomic mass is 9.91. The van der Waals surface area contributed by atoms with Crippen LogP contribution in [0.2, 0.25) is 0 Å². The van der Waals surface area contributed by atoms with E-state index in [1.54, 1.807) is 25.3 Å². The van der Waals surface area contributed by atoms with Gasteiger partial charge in [0.15, 0.2) is 0 Å². The number of carbonyl (C=O) groups is 1. The summed E-state index contributed by atoms with van der Waals surface area (Å²) in [6, 6.07) is 5.26. The maximum atomic E-state index is 13.9. The van der Waals surface area contributed by atoms with Crippen LogP contribution in [0, 0.1) is 0 Å². The molecule has 0 aromatic heterocycles. The Hall–Kier alpha value is -1.38. The number of hydrogen-bond donors (Lipinski definition) is 0. The van der Waals surface area contributed by atoms with Crippen molar-refractivity contribution in [1.82, 2.24) is 0 Å². The van der Waals surface area contributed by atoms with Gasteiger partial charge < -0.3 is 9.53 Å². The Balaban J connectivity index is 3.19. The molecule has 0 N–H and O–H groups in total. The highest BCUT2D eigenvalue weighted by Crippen LogP contribution is 2.33. The fraction of sp³-hybridized carbons (Fsp3) is 0.500. The highest BCUT2D eigenvalue weighted by molar-refractivity contribution is 5.53. The Bertz CT molecular complexity index is 394. The van der Waals surface area contributed by atoms with Crippen LogP contribution in [-0.4, -0.2) is 13.4 Å². The molecule has 0 aliphatic heterocycles. The zero-order valence-corrected chi connectivity index (χ0v) is 10.8. The van der Waals surface area contributed by atoms with E-state index in [9.17, 15) is 9.18 Å². The summed E-state index contributed by atoms with van der Waals surface area (Å²) in [5, 5.41) is 0. The van der Waals surface area contributed by atoms with Crippen molar-refractivity contribution in [3.63, 3.8) is 0 Å². The molecule has 1 unspecified atom stereocenters. The fourth-order valence-corrected chi connectivity index (χ4v) is 1.76. The van der Waals surface area contributed by atoms with Crippen molar-refractivity contribution in [3.05, 3.63) is 29.3 Å². The second-order valence-electron chi connectivity index (χ2n) is 4.73. The predicted molar refractivity (Wildman–Crippen MR) is 66.2 cm³/mol. The third kappa shape index (κ3) is 3.29. The number of carbonyl (C=O) groups excluding carboxylic acids is 1. The molecular formula is C14H19FO2. The quantitative estimate of drug-likeness (QED) is 0.733. The van der Waals surface area contributed by atoms with Crippen LogP contribution in [0.3, 0.4) is 0 Å². The lowest BCUT2D eigenvalue weighted by Crippen LogP contribution is -2.10. The summed E-state index contributed by atoms with van der Waals surface area (Å²) in [6.45, 7) is 4.97. The van der Waals surface area contributed by atoms with Gasteiger partial charge in [0.1, 0.15) is 17.7 Å². The van der Waals surface area contributed by atoms with Gasteiger partial charge in [0.2, 0.25) is 0 Å². The molecular weight excluding hydrogens is 219 g/mol. The van der Waals surface area contributed by atoms with Crippen molar-refractivity contribution in [3.8, 4) is 5.75 Å². The molecule has 1 rings (SSSR count). The van der Waals surface area contributed by atoms with Gasteiger partial charge in [0.05, 0.1) is 7.11 Å². The maximum absolute atomic E-state index is 13.9. The van der Waals surface area contributed by atoms with E-state index in [0.29, 0.717) is 17.7 Å². The number of alkyl halides is 1. The van der Waals surface area contributed by atoms with Gasteiger partial charge in [0, 0.05) is 6.42 Å². The summed E-state index contributed by atoms with van der Waals surface area (Å²) in [5.41, 5.74) is 0.0935. The SMILES string of the molecule is COc1ccc(C(C)(C)F)cc1C(C)CC=O. The molecule has 3 heteroatoms. The first-order chi connectivity index (χ1) is 7.90. The molecule has 0 saturated carbocycles. The smallest absolute Gasteiger partial charge is 0.130 e. The van der Waals surface area contributed by atoms with Crippen LogP contribution in [0.25, 0.3) is 0 Å². The monoisotopic (exact) mass is 238 g/mol. The molecule has 0 saturated heterocycles. The molecule has 0 bridgehead atoms. The van der Waals surface area contributed by atoms with Crippen molar-refractivity contribution in [2.45, 2.75) is 38.8 Å². The van der Waals surface area contributed by atoms with Crippen molar-refractivity contribution >= 4 is 6.29 Å². The van der Waals surface area contributed by atoms with Gasteiger partial charge in [0.25, 0.3) is 0 Å². The molecule has 1 aromatic rings. The first kappa shape index (κ1) is 13.7. The molecule has 2 nitrogen and oxygen atoms in total. The van der Waals surface area contributed by atoms with Gasteiger partial charge in [-0.3, -0.25) is 0 Å². The van der Waals surface area contributed by atoms with Crippen molar-refractivity contribution in [2.75, 3.05) is 7.11 Å². The Morgan fingerprint density at radius 1 is 1.47 bits per heavy atom. The standard InChI is InChI=1S/C14H19FO2/c1-10(7-8-16)12-9-11(14(2,3)15)5-6-13(12)17-4/h5-6,8-10H,7H2,1-4H3. The number of hydrogen-bond acceptors (Lipinski definition) is 2. The molecule has 0 heterocycles. The lowest BCUT2D eigenvalue weighted by Gasteiger charge is -2.20. The second-order valence-corrected chi connectivity index (χ2v) is 4.73. The molecule has 1 atom stereocenters. The minimum Gasteiger partial charge on any atom is -0.496 e. The molecule has 17 heavy (non-hydrogen) atoms. The number of benzene rings is 1. The summed E-state index contributed by atoms with van der Waals surface area (Å²) in [4.78, 5) is 10.6. The molecule has 0 fully saturated rings. The van der Waals surface area contributed by atoms with Gasteiger partial charge in [-0.1, -0.05) is 13.0 Å². The van der Waals surface area contributed by atoms with Gasteiger partial charge in [-0.05, 0) is 43.0 Å². The van der Waals surface area contributed by atoms with Crippen LogP contribution < -0.4 is 4.74 Å². The van der Waals surface area contributed by atoms with E-state index in [1.807, 2.05) is 6.92 Å². The van der Waals surface area contributed by atoms with Gasteiger partial charge >= 0.3 is 0 Å². The Labute approximate surface area is 102 Å². The summed E-state index contributed by atoms with van der Waals surface area (Å²) < 4.78 is 19.1.